The highest BCUT2D eigenvalue weighted by Gasteiger charge is 2.43. The molecular formula is C22H23BrN2O2. The van der Waals surface area contributed by atoms with Gasteiger partial charge in [-0.25, -0.2) is 0 Å². The normalized spacial score (nSPS) is 21.2. The molecule has 0 heterocycles. The van der Waals surface area contributed by atoms with Gasteiger partial charge in [0.1, 0.15) is 0 Å². The van der Waals surface area contributed by atoms with Crippen LogP contribution in [0.25, 0.3) is 0 Å². The topological polar surface area (TPSA) is 58.2 Å². The molecule has 0 bridgehead atoms. The summed E-state index contributed by atoms with van der Waals surface area (Å²) in [5.41, 5.74) is 3.02. The van der Waals surface area contributed by atoms with Crippen LogP contribution in [0.2, 0.25) is 0 Å². The third-order valence-corrected chi connectivity index (χ3v) is 6.09. The lowest BCUT2D eigenvalue weighted by Crippen LogP contribution is -2.28. The average Bonchev–Trinajstić information content (AvgIpc) is 3.40. The van der Waals surface area contributed by atoms with E-state index in [9.17, 15) is 9.59 Å². The molecule has 5 heteroatoms. The zero-order valence-electron chi connectivity index (χ0n) is 15.1. The van der Waals surface area contributed by atoms with Crippen LogP contribution in [0.15, 0.2) is 53.0 Å². The smallest absolute Gasteiger partial charge is 0.227 e. The highest BCUT2D eigenvalue weighted by molar-refractivity contribution is 9.10. The van der Waals surface area contributed by atoms with Gasteiger partial charge in [-0.05, 0) is 60.6 Å². The molecule has 0 radical (unpaired) electrons. The number of hydrogen-bond donors (Lipinski definition) is 2. The molecule has 2 fully saturated rings. The summed E-state index contributed by atoms with van der Waals surface area (Å²) in [5, 5.41) is 6.02. The Morgan fingerprint density at radius 1 is 1.04 bits per heavy atom. The van der Waals surface area contributed by atoms with E-state index in [1.807, 2.05) is 36.4 Å². The summed E-state index contributed by atoms with van der Waals surface area (Å²) in [7, 11) is 0. The SMILES string of the molecule is O=C(Nc1cccc(CNC(=O)C2CC2c2ccc(Br)cc2)c1)C1CCC1. The standard InChI is InChI=1S/C22H23BrN2O2/c23-17-9-7-15(8-10-17)19-12-20(19)22(27)24-13-14-3-1-6-18(11-14)25-21(26)16-4-2-5-16/h1,3,6-11,16,19-20H,2,4-5,12-13H2,(H,24,27)(H,25,26). The molecule has 0 spiro atoms. The van der Waals surface area contributed by atoms with Gasteiger partial charge in [-0.15, -0.1) is 0 Å². The fraction of sp³-hybridized carbons (Fsp3) is 0.364. The second-order valence-electron chi connectivity index (χ2n) is 7.54. The van der Waals surface area contributed by atoms with Crippen LogP contribution in [0.4, 0.5) is 5.69 Å². The Morgan fingerprint density at radius 2 is 1.81 bits per heavy atom. The summed E-state index contributed by atoms with van der Waals surface area (Å²) in [6.45, 7) is 0.482. The lowest BCUT2D eigenvalue weighted by atomic mass is 9.85. The van der Waals surface area contributed by atoms with Gasteiger partial charge in [0.2, 0.25) is 11.8 Å². The maximum Gasteiger partial charge on any atom is 0.227 e. The first-order valence-electron chi connectivity index (χ1n) is 9.53. The summed E-state index contributed by atoms with van der Waals surface area (Å²) in [5.74, 6) is 0.766. The number of hydrogen-bond acceptors (Lipinski definition) is 2. The Morgan fingerprint density at radius 3 is 2.52 bits per heavy atom. The van der Waals surface area contributed by atoms with Crippen molar-refractivity contribution in [2.45, 2.75) is 38.1 Å². The van der Waals surface area contributed by atoms with E-state index in [1.54, 1.807) is 0 Å². The van der Waals surface area contributed by atoms with Crippen molar-refractivity contribution < 1.29 is 9.59 Å². The van der Waals surface area contributed by atoms with E-state index in [0.29, 0.717) is 12.5 Å². The van der Waals surface area contributed by atoms with Crippen molar-refractivity contribution in [2.24, 2.45) is 11.8 Å². The minimum atomic E-state index is 0.0627. The lowest BCUT2D eigenvalue weighted by molar-refractivity contribution is -0.123. The molecule has 4 nitrogen and oxygen atoms in total. The van der Waals surface area contributed by atoms with Crippen LogP contribution in [0.3, 0.4) is 0 Å². The van der Waals surface area contributed by atoms with Crippen LogP contribution >= 0.6 is 15.9 Å². The van der Waals surface area contributed by atoms with Gasteiger partial charge in [0.25, 0.3) is 0 Å². The molecule has 2 unspecified atom stereocenters. The first-order chi connectivity index (χ1) is 13.1. The van der Waals surface area contributed by atoms with E-state index >= 15 is 0 Å². The Kier molecular flexibility index (Phi) is 5.30. The Bertz CT molecular complexity index is 846. The Balaban J connectivity index is 1.28. The van der Waals surface area contributed by atoms with E-state index in [4.69, 9.17) is 0 Å². The lowest BCUT2D eigenvalue weighted by Gasteiger charge is -2.24. The first kappa shape index (κ1) is 18.2. The summed E-state index contributed by atoms with van der Waals surface area (Å²) in [6.07, 6.45) is 4.03. The molecule has 2 aromatic rings. The number of nitrogens with one attached hydrogen (secondary N) is 2. The van der Waals surface area contributed by atoms with Gasteiger partial charge in [-0.3, -0.25) is 9.59 Å². The number of rotatable bonds is 6. The maximum atomic E-state index is 12.4. The Labute approximate surface area is 167 Å². The molecule has 0 aromatic heterocycles. The fourth-order valence-electron chi connectivity index (χ4n) is 3.56. The number of benzene rings is 2. The molecule has 2 saturated carbocycles. The van der Waals surface area contributed by atoms with E-state index in [2.05, 4.69) is 38.7 Å². The maximum absolute atomic E-state index is 12.4. The van der Waals surface area contributed by atoms with Crippen molar-refractivity contribution in [1.29, 1.82) is 0 Å². The van der Waals surface area contributed by atoms with Crippen molar-refractivity contribution in [3.05, 3.63) is 64.1 Å². The predicted molar refractivity (Wildman–Crippen MR) is 109 cm³/mol. The van der Waals surface area contributed by atoms with E-state index < -0.39 is 0 Å². The van der Waals surface area contributed by atoms with Gasteiger partial charge in [0.05, 0.1) is 0 Å². The number of halogens is 1. The number of carbonyl (C=O) groups is 2. The molecule has 2 aromatic carbocycles. The molecular weight excluding hydrogens is 404 g/mol. The highest BCUT2D eigenvalue weighted by Crippen LogP contribution is 2.47. The molecule has 0 aliphatic heterocycles. The zero-order valence-corrected chi connectivity index (χ0v) is 16.7. The van der Waals surface area contributed by atoms with E-state index in [-0.39, 0.29) is 23.7 Å². The van der Waals surface area contributed by atoms with Gasteiger partial charge in [-0.1, -0.05) is 46.6 Å². The van der Waals surface area contributed by atoms with Crippen molar-refractivity contribution >= 4 is 33.4 Å². The molecule has 2 amide bonds. The van der Waals surface area contributed by atoms with E-state index in [0.717, 1.165) is 41.4 Å². The van der Waals surface area contributed by atoms with Crippen LogP contribution in [-0.2, 0) is 16.1 Å². The third-order valence-electron chi connectivity index (χ3n) is 5.56. The van der Waals surface area contributed by atoms with E-state index in [1.165, 1.54) is 5.56 Å². The molecule has 140 valence electrons. The fourth-order valence-corrected chi connectivity index (χ4v) is 3.82. The third kappa shape index (κ3) is 4.41. The minimum Gasteiger partial charge on any atom is -0.352 e. The number of anilines is 1. The van der Waals surface area contributed by atoms with Crippen molar-refractivity contribution in [3.63, 3.8) is 0 Å². The quantitative estimate of drug-likeness (QED) is 0.708. The number of carbonyl (C=O) groups excluding carboxylic acids is 2. The summed E-state index contributed by atoms with van der Waals surface area (Å²) < 4.78 is 1.05. The number of amides is 2. The van der Waals surface area contributed by atoms with Crippen LogP contribution in [-0.4, -0.2) is 11.8 Å². The molecule has 2 atom stereocenters. The average molecular weight is 427 g/mol. The van der Waals surface area contributed by atoms with Gasteiger partial charge in [0.15, 0.2) is 0 Å². The second kappa shape index (κ2) is 7.85. The molecule has 2 N–H and O–H groups in total. The van der Waals surface area contributed by atoms with Crippen LogP contribution in [0, 0.1) is 11.8 Å². The van der Waals surface area contributed by atoms with Crippen molar-refractivity contribution in [3.8, 4) is 0 Å². The molecule has 2 aliphatic carbocycles. The summed E-state index contributed by atoms with van der Waals surface area (Å²) in [6, 6.07) is 15.9. The molecule has 4 rings (SSSR count). The highest BCUT2D eigenvalue weighted by atomic mass is 79.9. The zero-order chi connectivity index (χ0) is 18.8. The van der Waals surface area contributed by atoms with Crippen molar-refractivity contribution in [1.82, 2.24) is 5.32 Å². The Hall–Kier alpha value is -2.14. The van der Waals surface area contributed by atoms with Crippen LogP contribution in [0.1, 0.15) is 42.7 Å². The summed E-state index contributed by atoms with van der Waals surface area (Å²) in [4.78, 5) is 24.5. The first-order valence-corrected chi connectivity index (χ1v) is 10.3. The van der Waals surface area contributed by atoms with Gasteiger partial charge in [0, 0.05) is 28.5 Å². The van der Waals surface area contributed by atoms with Gasteiger partial charge < -0.3 is 10.6 Å². The van der Waals surface area contributed by atoms with Crippen LogP contribution in [0.5, 0.6) is 0 Å². The minimum absolute atomic E-state index is 0.0627. The summed E-state index contributed by atoms with van der Waals surface area (Å²) >= 11 is 3.44. The van der Waals surface area contributed by atoms with Gasteiger partial charge >= 0.3 is 0 Å². The van der Waals surface area contributed by atoms with Crippen LogP contribution < -0.4 is 10.6 Å². The predicted octanol–water partition coefficient (Wildman–Crippen LogP) is 4.61. The van der Waals surface area contributed by atoms with Crippen molar-refractivity contribution in [2.75, 3.05) is 5.32 Å². The molecule has 27 heavy (non-hydrogen) atoms. The monoisotopic (exact) mass is 426 g/mol. The molecule has 0 saturated heterocycles. The second-order valence-corrected chi connectivity index (χ2v) is 8.45. The molecule has 2 aliphatic rings. The van der Waals surface area contributed by atoms with Gasteiger partial charge in [-0.2, -0.15) is 0 Å². The largest absolute Gasteiger partial charge is 0.352 e.